The quantitative estimate of drug-likeness (QED) is 0.742. The van der Waals surface area contributed by atoms with Gasteiger partial charge in [0.2, 0.25) is 0 Å². The number of H-pyrrole nitrogens is 1. The average molecular weight is 327 g/mol. The van der Waals surface area contributed by atoms with Crippen molar-refractivity contribution >= 4 is 17.0 Å². The lowest BCUT2D eigenvalue weighted by Gasteiger charge is -2.06. The second-order valence-corrected chi connectivity index (χ2v) is 6.11. The van der Waals surface area contributed by atoms with E-state index < -0.39 is 5.97 Å². The van der Waals surface area contributed by atoms with Crippen molar-refractivity contribution in [2.45, 2.75) is 25.7 Å². The average Bonchev–Trinajstić information content (AvgIpc) is 3.25. The molecular weight excluding hydrogens is 309 g/mol. The maximum Gasteiger partial charge on any atom is 0.355 e. The molecule has 1 aliphatic rings. The standard InChI is InChI=1S/C18H18FN3O2/c1-3-24-18(23)15-13(10-6-8-12(19)9-7-10)17-16(20-15)14(11-4-5-11)21-22(17)2/h6-9,11,20H,3-5H2,1-2H3. The molecule has 0 aliphatic heterocycles. The molecule has 0 unspecified atom stereocenters. The van der Waals surface area contributed by atoms with Gasteiger partial charge in [0.05, 0.1) is 23.3 Å². The van der Waals surface area contributed by atoms with E-state index in [0.29, 0.717) is 23.8 Å². The number of carbonyl (C=O) groups is 1. The molecule has 2 aromatic heterocycles. The lowest BCUT2D eigenvalue weighted by atomic mass is 10.0. The summed E-state index contributed by atoms with van der Waals surface area (Å²) < 4.78 is 20.3. The van der Waals surface area contributed by atoms with Gasteiger partial charge in [-0.15, -0.1) is 0 Å². The first-order valence-electron chi connectivity index (χ1n) is 8.11. The zero-order valence-corrected chi connectivity index (χ0v) is 13.6. The van der Waals surface area contributed by atoms with Crippen LogP contribution in [-0.4, -0.2) is 27.3 Å². The normalized spacial score (nSPS) is 14.3. The Morgan fingerprint density at radius 3 is 2.71 bits per heavy atom. The Kier molecular flexibility index (Phi) is 3.40. The predicted octanol–water partition coefficient (Wildman–Crippen LogP) is 3.76. The van der Waals surface area contributed by atoms with Gasteiger partial charge in [0.25, 0.3) is 0 Å². The van der Waals surface area contributed by atoms with Crippen LogP contribution in [0.2, 0.25) is 0 Å². The smallest absolute Gasteiger partial charge is 0.355 e. The zero-order valence-electron chi connectivity index (χ0n) is 13.6. The summed E-state index contributed by atoms with van der Waals surface area (Å²) in [4.78, 5) is 15.6. The number of aromatic amines is 1. The van der Waals surface area contributed by atoms with Crippen molar-refractivity contribution in [1.82, 2.24) is 14.8 Å². The van der Waals surface area contributed by atoms with E-state index in [0.717, 1.165) is 35.1 Å². The van der Waals surface area contributed by atoms with Gasteiger partial charge in [-0.3, -0.25) is 4.68 Å². The van der Waals surface area contributed by atoms with E-state index in [1.165, 1.54) is 12.1 Å². The Bertz CT molecular complexity index is 920. The minimum Gasteiger partial charge on any atom is -0.461 e. The number of esters is 1. The van der Waals surface area contributed by atoms with E-state index in [1.54, 1.807) is 23.7 Å². The molecule has 0 saturated heterocycles. The van der Waals surface area contributed by atoms with Gasteiger partial charge in [-0.2, -0.15) is 5.10 Å². The largest absolute Gasteiger partial charge is 0.461 e. The summed E-state index contributed by atoms with van der Waals surface area (Å²) in [6.45, 7) is 2.07. The molecule has 2 heterocycles. The Hall–Kier alpha value is -2.63. The van der Waals surface area contributed by atoms with Crippen molar-refractivity contribution < 1.29 is 13.9 Å². The van der Waals surface area contributed by atoms with E-state index in [-0.39, 0.29) is 5.82 Å². The van der Waals surface area contributed by atoms with Crippen LogP contribution in [0.15, 0.2) is 24.3 Å². The maximum atomic E-state index is 13.3. The zero-order chi connectivity index (χ0) is 16.8. The predicted molar refractivity (Wildman–Crippen MR) is 88.4 cm³/mol. The van der Waals surface area contributed by atoms with Gasteiger partial charge in [-0.25, -0.2) is 9.18 Å². The molecule has 1 saturated carbocycles. The monoisotopic (exact) mass is 327 g/mol. The highest BCUT2D eigenvalue weighted by molar-refractivity contribution is 6.07. The van der Waals surface area contributed by atoms with Gasteiger partial charge in [-0.1, -0.05) is 12.1 Å². The van der Waals surface area contributed by atoms with Crippen LogP contribution >= 0.6 is 0 Å². The molecule has 0 amide bonds. The number of aryl methyl sites for hydroxylation is 1. The number of fused-ring (bicyclic) bond motifs is 1. The van der Waals surface area contributed by atoms with Gasteiger partial charge >= 0.3 is 5.97 Å². The van der Waals surface area contributed by atoms with E-state index >= 15 is 0 Å². The van der Waals surface area contributed by atoms with Gasteiger partial charge in [0.1, 0.15) is 11.5 Å². The lowest BCUT2D eigenvalue weighted by Crippen LogP contribution is -2.07. The van der Waals surface area contributed by atoms with Gasteiger partial charge in [-0.05, 0) is 37.5 Å². The highest BCUT2D eigenvalue weighted by Crippen LogP contribution is 2.44. The number of carbonyl (C=O) groups excluding carboxylic acids is 1. The molecule has 4 rings (SSSR count). The summed E-state index contributed by atoms with van der Waals surface area (Å²) >= 11 is 0. The van der Waals surface area contributed by atoms with Crippen LogP contribution in [0, 0.1) is 5.82 Å². The van der Waals surface area contributed by atoms with Crippen molar-refractivity contribution in [2.24, 2.45) is 7.05 Å². The van der Waals surface area contributed by atoms with Crippen LogP contribution < -0.4 is 0 Å². The topological polar surface area (TPSA) is 59.9 Å². The summed E-state index contributed by atoms with van der Waals surface area (Å²) in [6, 6.07) is 6.12. The molecule has 5 nitrogen and oxygen atoms in total. The minimum absolute atomic E-state index is 0.296. The molecule has 6 heteroatoms. The van der Waals surface area contributed by atoms with E-state index in [2.05, 4.69) is 10.1 Å². The van der Waals surface area contributed by atoms with Crippen molar-refractivity contribution in [2.75, 3.05) is 6.61 Å². The number of nitrogens with one attached hydrogen (secondary N) is 1. The minimum atomic E-state index is -0.408. The molecule has 0 spiro atoms. The summed E-state index contributed by atoms with van der Waals surface area (Å²) in [5.74, 6) is -0.273. The third kappa shape index (κ3) is 2.29. The first kappa shape index (κ1) is 14.9. The fourth-order valence-corrected chi connectivity index (χ4v) is 3.16. The van der Waals surface area contributed by atoms with Crippen molar-refractivity contribution in [1.29, 1.82) is 0 Å². The third-order valence-electron chi connectivity index (χ3n) is 4.39. The first-order valence-corrected chi connectivity index (χ1v) is 8.11. The van der Waals surface area contributed by atoms with E-state index in [4.69, 9.17) is 4.74 Å². The number of aromatic nitrogens is 3. The summed E-state index contributed by atoms with van der Waals surface area (Å²) in [5.41, 5.74) is 4.59. The van der Waals surface area contributed by atoms with Crippen molar-refractivity contribution in [3.05, 3.63) is 41.5 Å². The highest BCUT2D eigenvalue weighted by Gasteiger charge is 2.32. The molecule has 0 radical (unpaired) electrons. The molecule has 3 aromatic rings. The second kappa shape index (κ2) is 5.47. The number of ether oxygens (including phenoxy) is 1. The Balaban J connectivity index is 1.98. The number of benzene rings is 1. The van der Waals surface area contributed by atoms with Crippen LogP contribution in [0.3, 0.4) is 0 Å². The lowest BCUT2D eigenvalue weighted by molar-refractivity contribution is 0.0521. The van der Waals surface area contributed by atoms with Crippen LogP contribution in [0.4, 0.5) is 4.39 Å². The number of rotatable bonds is 4. The van der Waals surface area contributed by atoms with E-state index in [9.17, 15) is 9.18 Å². The molecule has 1 aliphatic carbocycles. The molecule has 24 heavy (non-hydrogen) atoms. The van der Waals surface area contributed by atoms with Gasteiger partial charge in [0.15, 0.2) is 0 Å². The number of halogens is 1. The molecule has 0 bridgehead atoms. The van der Waals surface area contributed by atoms with Crippen LogP contribution in [0.1, 0.15) is 41.9 Å². The molecule has 1 fully saturated rings. The van der Waals surface area contributed by atoms with Crippen molar-refractivity contribution in [3.8, 4) is 11.1 Å². The molecule has 1 aromatic carbocycles. The summed E-state index contributed by atoms with van der Waals surface area (Å²) in [5, 5.41) is 4.62. The van der Waals surface area contributed by atoms with Gasteiger partial charge < -0.3 is 9.72 Å². The highest BCUT2D eigenvalue weighted by atomic mass is 19.1. The van der Waals surface area contributed by atoms with Crippen molar-refractivity contribution in [3.63, 3.8) is 0 Å². The number of hydrogen-bond acceptors (Lipinski definition) is 3. The second-order valence-electron chi connectivity index (χ2n) is 6.11. The number of hydrogen-bond donors (Lipinski definition) is 1. The molecular formula is C18H18FN3O2. The van der Waals surface area contributed by atoms with Crippen LogP contribution in [0.25, 0.3) is 22.2 Å². The van der Waals surface area contributed by atoms with E-state index in [1.807, 2.05) is 7.05 Å². The fraction of sp³-hybridized carbons (Fsp3) is 0.333. The fourth-order valence-electron chi connectivity index (χ4n) is 3.16. The number of nitrogens with zero attached hydrogens (tertiary/aromatic N) is 2. The third-order valence-corrected chi connectivity index (χ3v) is 4.39. The Morgan fingerprint density at radius 1 is 1.38 bits per heavy atom. The SMILES string of the molecule is CCOC(=O)c1[nH]c2c(C3CC3)nn(C)c2c1-c1ccc(F)cc1. The maximum absolute atomic E-state index is 13.3. The Morgan fingerprint density at radius 2 is 2.08 bits per heavy atom. The molecule has 0 atom stereocenters. The van der Waals surface area contributed by atoms with Crippen LogP contribution in [-0.2, 0) is 11.8 Å². The first-order chi connectivity index (χ1) is 11.6. The Labute approximate surface area is 138 Å². The molecule has 1 N–H and O–H groups in total. The summed E-state index contributed by atoms with van der Waals surface area (Å²) in [6.07, 6.45) is 2.23. The molecule has 124 valence electrons. The van der Waals surface area contributed by atoms with Gasteiger partial charge in [0, 0.05) is 18.5 Å². The van der Waals surface area contributed by atoms with Crippen LogP contribution in [0.5, 0.6) is 0 Å². The summed E-state index contributed by atoms with van der Waals surface area (Å²) in [7, 11) is 1.87.